The first-order valence-electron chi connectivity index (χ1n) is 7.11. The van der Waals surface area contributed by atoms with Crippen molar-refractivity contribution in [3.05, 3.63) is 16.5 Å². The van der Waals surface area contributed by atoms with E-state index in [1.165, 1.54) is 0 Å². The number of anilines is 1. The Balaban J connectivity index is 2.15. The number of ether oxygens (including phenoxy) is 1. The van der Waals surface area contributed by atoms with Gasteiger partial charge in [-0.2, -0.15) is 0 Å². The molecule has 0 radical (unpaired) electrons. The fourth-order valence-electron chi connectivity index (χ4n) is 2.39. The summed E-state index contributed by atoms with van der Waals surface area (Å²) in [6.07, 6.45) is 2.00. The molecule has 0 aromatic carbocycles. The minimum atomic E-state index is -0.0625. The predicted molar refractivity (Wildman–Crippen MR) is 85.1 cm³/mol. The Morgan fingerprint density at radius 3 is 2.65 bits per heavy atom. The summed E-state index contributed by atoms with van der Waals surface area (Å²) in [7, 11) is 0. The van der Waals surface area contributed by atoms with E-state index < -0.39 is 0 Å². The van der Waals surface area contributed by atoms with Gasteiger partial charge in [-0.3, -0.25) is 0 Å². The Kier molecular flexibility index (Phi) is 4.40. The third-order valence-corrected chi connectivity index (χ3v) is 3.82. The zero-order valence-corrected chi connectivity index (χ0v) is 14.5. The van der Waals surface area contributed by atoms with Gasteiger partial charge in [0.1, 0.15) is 16.2 Å². The average molecular weight is 342 g/mol. The summed E-state index contributed by atoms with van der Waals surface area (Å²) in [5.41, 5.74) is -0.123. The van der Waals surface area contributed by atoms with E-state index in [9.17, 15) is 0 Å². The Morgan fingerprint density at radius 2 is 2.05 bits per heavy atom. The van der Waals surface area contributed by atoms with E-state index in [1.54, 1.807) is 0 Å². The lowest BCUT2D eigenvalue weighted by Crippen LogP contribution is -2.40. The molecule has 1 saturated heterocycles. The van der Waals surface area contributed by atoms with Crippen molar-refractivity contribution >= 4 is 21.7 Å². The van der Waals surface area contributed by atoms with E-state index in [4.69, 9.17) is 4.74 Å². The van der Waals surface area contributed by atoms with Crippen LogP contribution in [0.15, 0.2) is 10.7 Å². The molecule has 1 aromatic heterocycles. The molecule has 1 aromatic rings. The molecule has 0 aliphatic carbocycles. The maximum absolute atomic E-state index is 5.75. The molecule has 1 unspecified atom stereocenters. The van der Waals surface area contributed by atoms with Crippen molar-refractivity contribution in [1.29, 1.82) is 0 Å². The van der Waals surface area contributed by atoms with Gasteiger partial charge in [0.05, 0.1) is 5.60 Å². The number of halogens is 1. The molecule has 5 heteroatoms. The molecular weight excluding hydrogens is 318 g/mol. The normalized spacial score (nSPS) is 22.6. The minimum Gasteiger partial charge on any atom is -0.375 e. The Labute approximate surface area is 129 Å². The lowest BCUT2D eigenvalue weighted by Gasteiger charge is -2.36. The van der Waals surface area contributed by atoms with Crippen molar-refractivity contribution < 1.29 is 4.74 Å². The van der Waals surface area contributed by atoms with Crippen molar-refractivity contribution in [3.8, 4) is 0 Å². The van der Waals surface area contributed by atoms with E-state index in [1.807, 2.05) is 6.07 Å². The molecule has 1 fully saturated rings. The smallest absolute Gasteiger partial charge is 0.137 e. The largest absolute Gasteiger partial charge is 0.375 e. The zero-order valence-electron chi connectivity index (χ0n) is 13.0. The van der Waals surface area contributed by atoms with Crippen molar-refractivity contribution in [3.63, 3.8) is 0 Å². The number of nitrogens with one attached hydrogen (secondary N) is 1. The van der Waals surface area contributed by atoms with Crippen LogP contribution in [-0.2, 0) is 10.2 Å². The summed E-state index contributed by atoms with van der Waals surface area (Å²) in [5, 5.41) is 3.53. The highest BCUT2D eigenvalue weighted by molar-refractivity contribution is 9.10. The molecule has 0 spiro atoms. The van der Waals surface area contributed by atoms with E-state index in [2.05, 4.69) is 65.8 Å². The highest BCUT2D eigenvalue weighted by Gasteiger charge is 2.29. The quantitative estimate of drug-likeness (QED) is 0.828. The van der Waals surface area contributed by atoms with Gasteiger partial charge in [-0.25, -0.2) is 9.97 Å². The van der Waals surface area contributed by atoms with Crippen LogP contribution in [0.3, 0.4) is 0 Å². The highest BCUT2D eigenvalue weighted by Crippen LogP contribution is 2.27. The molecule has 1 aliphatic rings. The van der Waals surface area contributed by atoms with Gasteiger partial charge < -0.3 is 10.1 Å². The molecule has 2 rings (SSSR count). The first-order chi connectivity index (χ1) is 9.16. The molecule has 1 aliphatic heterocycles. The lowest BCUT2D eigenvalue weighted by molar-refractivity contribution is -0.0553. The second kappa shape index (κ2) is 5.60. The molecule has 4 nitrogen and oxygen atoms in total. The third kappa shape index (κ3) is 4.16. The molecule has 0 bridgehead atoms. The summed E-state index contributed by atoms with van der Waals surface area (Å²) >= 11 is 3.48. The minimum absolute atomic E-state index is 0.0604. The van der Waals surface area contributed by atoms with Crippen LogP contribution in [-0.4, -0.2) is 28.2 Å². The van der Waals surface area contributed by atoms with Crippen LogP contribution >= 0.6 is 15.9 Å². The van der Waals surface area contributed by atoms with Crippen molar-refractivity contribution in [1.82, 2.24) is 9.97 Å². The van der Waals surface area contributed by atoms with E-state index in [0.29, 0.717) is 6.04 Å². The first kappa shape index (κ1) is 15.7. The predicted octanol–water partition coefficient (Wildman–Crippen LogP) is 3.91. The number of rotatable bonds is 2. The number of hydrogen-bond donors (Lipinski definition) is 1. The Morgan fingerprint density at radius 1 is 1.35 bits per heavy atom. The van der Waals surface area contributed by atoms with Crippen LogP contribution in [0, 0.1) is 0 Å². The van der Waals surface area contributed by atoms with Crippen LogP contribution in [0.2, 0.25) is 0 Å². The van der Waals surface area contributed by atoms with Crippen molar-refractivity contribution in [2.24, 2.45) is 0 Å². The van der Waals surface area contributed by atoms with Gasteiger partial charge in [-0.1, -0.05) is 20.8 Å². The lowest BCUT2D eigenvalue weighted by atomic mass is 9.94. The van der Waals surface area contributed by atoms with Gasteiger partial charge in [-0.15, -0.1) is 0 Å². The summed E-state index contributed by atoms with van der Waals surface area (Å²) in [4.78, 5) is 9.12. The zero-order chi connectivity index (χ0) is 15.0. The summed E-state index contributed by atoms with van der Waals surface area (Å²) < 4.78 is 6.58. The SMILES string of the molecule is CC1(C)CC(Nc2cc(Br)nc(C(C)(C)C)n2)CCO1. The van der Waals surface area contributed by atoms with Gasteiger partial charge in [0.2, 0.25) is 0 Å². The first-order valence-corrected chi connectivity index (χ1v) is 7.91. The molecule has 20 heavy (non-hydrogen) atoms. The topological polar surface area (TPSA) is 47.0 Å². The molecule has 0 amide bonds. The van der Waals surface area contributed by atoms with Crippen molar-refractivity contribution in [2.45, 2.75) is 64.5 Å². The standard InChI is InChI=1S/C15H24BrN3O/c1-14(2,3)13-18-11(16)8-12(19-13)17-10-6-7-20-15(4,5)9-10/h8,10H,6-7,9H2,1-5H3,(H,17,18,19). The second-order valence-corrected chi connectivity index (χ2v) is 7.90. The van der Waals surface area contributed by atoms with E-state index >= 15 is 0 Å². The highest BCUT2D eigenvalue weighted by atomic mass is 79.9. The monoisotopic (exact) mass is 341 g/mol. The molecule has 2 heterocycles. The molecule has 1 atom stereocenters. The van der Waals surface area contributed by atoms with Gasteiger partial charge in [0, 0.05) is 24.1 Å². The van der Waals surface area contributed by atoms with Gasteiger partial charge in [0.15, 0.2) is 0 Å². The fourth-order valence-corrected chi connectivity index (χ4v) is 2.78. The van der Waals surface area contributed by atoms with Crippen LogP contribution in [0.25, 0.3) is 0 Å². The molecule has 112 valence electrons. The van der Waals surface area contributed by atoms with Crippen LogP contribution < -0.4 is 5.32 Å². The molecular formula is C15H24BrN3O. The average Bonchev–Trinajstić information content (AvgIpc) is 2.25. The van der Waals surface area contributed by atoms with Crippen LogP contribution in [0.4, 0.5) is 5.82 Å². The van der Waals surface area contributed by atoms with Crippen LogP contribution in [0.5, 0.6) is 0 Å². The van der Waals surface area contributed by atoms with Gasteiger partial charge in [0.25, 0.3) is 0 Å². The number of aromatic nitrogens is 2. The van der Waals surface area contributed by atoms with Gasteiger partial charge >= 0.3 is 0 Å². The Hall–Kier alpha value is -0.680. The maximum Gasteiger partial charge on any atom is 0.137 e. The second-order valence-electron chi connectivity index (χ2n) is 7.09. The number of nitrogens with zero attached hydrogens (tertiary/aromatic N) is 2. The maximum atomic E-state index is 5.75. The summed E-state index contributed by atoms with van der Waals surface area (Å²) in [6, 6.07) is 2.34. The third-order valence-electron chi connectivity index (χ3n) is 3.41. The molecule has 1 N–H and O–H groups in total. The van der Waals surface area contributed by atoms with Crippen LogP contribution in [0.1, 0.15) is 53.3 Å². The molecule has 0 saturated carbocycles. The fraction of sp³-hybridized carbons (Fsp3) is 0.733. The Bertz CT molecular complexity index is 482. The van der Waals surface area contributed by atoms with E-state index in [0.717, 1.165) is 35.7 Å². The van der Waals surface area contributed by atoms with E-state index in [-0.39, 0.29) is 11.0 Å². The summed E-state index contributed by atoms with van der Waals surface area (Å²) in [5.74, 6) is 1.74. The number of hydrogen-bond acceptors (Lipinski definition) is 4. The van der Waals surface area contributed by atoms with Gasteiger partial charge in [-0.05, 0) is 42.6 Å². The van der Waals surface area contributed by atoms with Crippen molar-refractivity contribution in [2.75, 3.05) is 11.9 Å². The summed E-state index contributed by atoms with van der Waals surface area (Å²) in [6.45, 7) is 11.4.